The van der Waals surface area contributed by atoms with Crippen molar-refractivity contribution in [3.8, 4) is 0 Å². The number of hydrogen-bond donors (Lipinski definition) is 2. The van der Waals surface area contributed by atoms with Crippen LogP contribution in [0.1, 0.15) is 25.7 Å². The van der Waals surface area contributed by atoms with Gasteiger partial charge in [0.15, 0.2) is 0 Å². The minimum absolute atomic E-state index is 0.0844. The number of aryl methyl sites for hydroxylation is 2. The first-order valence-electron chi connectivity index (χ1n) is 5.69. The Kier molecular flexibility index (Phi) is 3.79. The van der Waals surface area contributed by atoms with Crippen LogP contribution in [0.25, 0.3) is 0 Å². The first-order chi connectivity index (χ1) is 8.61. The monoisotopic (exact) mass is 261 g/mol. The van der Waals surface area contributed by atoms with E-state index in [0.717, 1.165) is 16.0 Å². The highest BCUT2D eigenvalue weighted by molar-refractivity contribution is 7.14. The van der Waals surface area contributed by atoms with Gasteiger partial charge >= 0.3 is 0 Å². The van der Waals surface area contributed by atoms with Crippen molar-refractivity contribution in [1.29, 1.82) is 0 Å². The zero-order valence-electron chi connectivity index (χ0n) is 10.4. The van der Waals surface area contributed by atoms with Crippen molar-refractivity contribution >= 4 is 22.9 Å². The topological polar surface area (TPSA) is 49.3 Å². The zero-order chi connectivity index (χ0) is 13.1. The van der Waals surface area contributed by atoms with Gasteiger partial charge in [0.05, 0.1) is 11.5 Å². The van der Waals surface area contributed by atoms with E-state index in [1.165, 1.54) is 11.3 Å². The fourth-order valence-corrected chi connectivity index (χ4v) is 2.58. The van der Waals surface area contributed by atoms with Gasteiger partial charge in [0.25, 0.3) is 5.91 Å². The lowest BCUT2D eigenvalue weighted by molar-refractivity contribution is 0.103. The number of amides is 1. The van der Waals surface area contributed by atoms with Gasteiger partial charge in [0.1, 0.15) is 0 Å². The summed E-state index contributed by atoms with van der Waals surface area (Å²) in [5.41, 5.74) is 2.50. The molecule has 3 nitrogen and oxygen atoms in total. The molecule has 2 N–H and O–H groups in total. The fraction of sp³-hybridized carbons (Fsp3) is 0.214. The molecule has 1 aromatic carbocycles. The predicted octanol–water partition coefficient (Wildman–Crippen LogP) is 3.11. The van der Waals surface area contributed by atoms with Gasteiger partial charge in [-0.25, -0.2) is 0 Å². The molecule has 4 heteroatoms. The van der Waals surface area contributed by atoms with E-state index in [4.69, 9.17) is 0 Å². The smallest absolute Gasteiger partial charge is 0.265 e. The van der Waals surface area contributed by atoms with E-state index in [1.54, 1.807) is 12.1 Å². The molecule has 0 aliphatic carbocycles. The molecular formula is C14H15NO2S. The number of nitrogens with one attached hydrogen (secondary N) is 1. The quantitative estimate of drug-likeness (QED) is 0.892. The summed E-state index contributed by atoms with van der Waals surface area (Å²) in [5.74, 6) is -0.128. The van der Waals surface area contributed by atoms with E-state index in [9.17, 15) is 9.90 Å². The van der Waals surface area contributed by atoms with Crippen molar-refractivity contribution in [2.24, 2.45) is 0 Å². The summed E-state index contributed by atoms with van der Waals surface area (Å²) in [6, 6.07) is 9.13. The third-order valence-corrected chi connectivity index (χ3v) is 3.98. The van der Waals surface area contributed by atoms with Gasteiger partial charge in [-0.05, 0) is 31.5 Å². The molecule has 1 heterocycles. The van der Waals surface area contributed by atoms with Crippen LogP contribution < -0.4 is 5.32 Å². The molecule has 0 saturated heterocycles. The summed E-state index contributed by atoms with van der Waals surface area (Å²) >= 11 is 1.48. The number of rotatable bonds is 3. The molecule has 18 heavy (non-hydrogen) atoms. The number of para-hydroxylation sites is 1. The third-order valence-electron chi connectivity index (χ3n) is 2.83. The number of anilines is 1. The normalized spacial score (nSPS) is 10.4. The Bertz CT molecular complexity index is 555. The maximum atomic E-state index is 12.1. The van der Waals surface area contributed by atoms with Crippen LogP contribution in [0.2, 0.25) is 0 Å². The minimum atomic E-state index is -0.128. The maximum absolute atomic E-state index is 12.1. The Morgan fingerprint density at radius 1 is 1.33 bits per heavy atom. The number of aliphatic hydroxyl groups is 1. The second-order valence-corrected chi connectivity index (χ2v) is 5.38. The van der Waals surface area contributed by atoms with Crippen LogP contribution >= 0.6 is 11.3 Å². The average molecular weight is 261 g/mol. The Hall–Kier alpha value is -1.65. The van der Waals surface area contributed by atoms with Crippen molar-refractivity contribution in [3.05, 3.63) is 51.2 Å². The van der Waals surface area contributed by atoms with Crippen LogP contribution in [0.5, 0.6) is 0 Å². The first kappa shape index (κ1) is 12.8. The van der Waals surface area contributed by atoms with Crippen molar-refractivity contribution in [2.75, 3.05) is 5.32 Å². The lowest BCUT2D eigenvalue weighted by Crippen LogP contribution is -2.11. The van der Waals surface area contributed by atoms with Gasteiger partial charge in [-0.1, -0.05) is 18.2 Å². The second-order valence-electron chi connectivity index (χ2n) is 4.12. The lowest BCUT2D eigenvalue weighted by atomic mass is 10.2. The molecule has 0 saturated carbocycles. The van der Waals surface area contributed by atoms with E-state index < -0.39 is 0 Å². The van der Waals surface area contributed by atoms with Crippen LogP contribution in [-0.4, -0.2) is 11.0 Å². The second kappa shape index (κ2) is 5.33. The molecule has 2 rings (SSSR count). The van der Waals surface area contributed by atoms with Crippen molar-refractivity contribution < 1.29 is 9.90 Å². The maximum Gasteiger partial charge on any atom is 0.265 e. The number of aliphatic hydroxyl groups excluding tert-OH is 1. The molecule has 0 aliphatic rings. The van der Waals surface area contributed by atoms with E-state index in [2.05, 4.69) is 5.32 Å². The number of carbonyl (C=O) groups excluding carboxylic acids is 1. The zero-order valence-corrected chi connectivity index (χ0v) is 11.2. The number of carbonyl (C=O) groups is 1. The largest absolute Gasteiger partial charge is 0.392 e. The highest BCUT2D eigenvalue weighted by atomic mass is 32.1. The average Bonchev–Trinajstić information content (AvgIpc) is 2.70. The fourth-order valence-electron chi connectivity index (χ4n) is 1.65. The Morgan fingerprint density at radius 2 is 2.06 bits per heavy atom. The summed E-state index contributed by atoms with van der Waals surface area (Å²) < 4.78 is 0. The standard InChI is InChI=1S/C14H15NO2S/c1-9-7-13(18-10(9)2)14(17)15-12-6-4-3-5-11(12)8-16/h3-7,16H,8H2,1-2H3,(H,15,17). The first-order valence-corrected chi connectivity index (χ1v) is 6.50. The summed E-state index contributed by atoms with van der Waals surface area (Å²) in [6.07, 6.45) is 0. The molecule has 94 valence electrons. The summed E-state index contributed by atoms with van der Waals surface area (Å²) in [5, 5.41) is 12.0. The molecule has 0 radical (unpaired) electrons. The number of hydrogen-bond acceptors (Lipinski definition) is 3. The van der Waals surface area contributed by atoms with Gasteiger partial charge < -0.3 is 10.4 Å². The van der Waals surface area contributed by atoms with Crippen LogP contribution in [-0.2, 0) is 6.61 Å². The highest BCUT2D eigenvalue weighted by Crippen LogP contribution is 2.22. The van der Waals surface area contributed by atoms with Crippen LogP contribution in [0, 0.1) is 13.8 Å². The summed E-state index contributed by atoms with van der Waals surface area (Å²) in [6.45, 7) is 3.90. The van der Waals surface area contributed by atoms with Crippen LogP contribution in [0.3, 0.4) is 0 Å². The molecule has 0 bridgehead atoms. The minimum Gasteiger partial charge on any atom is -0.392 e. The lowest BCUT2D eigenvalue weighted by Gasteiger charge is -2.07. The van der Waals surface area contributed by atoms with Gasteiger partial charge in [0, 0.05) is 16.1 Å². The van der Waals surface area contributed by atoms with E-state index in [-0.39, 0.29) is 12.5 Å². The van der Waals surface area contributed by atoms with E-state index >= 15 is 0 Å². The Labute approximate surface area is 110 Å². The van der Waals surface area contributed by atoms with Gasteiger partial charge in [-0.2, -0.15) is 0 Å². The van der Waals surface area contributed by atoms with E-state index in [0.29, 0.717) is 10.6 Å². The van der Waals surface area contributed by atoms with Crippen LogP contribution in [0.15, 0.2) is 30.3 Å². The highest BCUT2D eigenvalue weighted by Gasteiger charge is 2.12. The molecule has 1 amide bonds. The third kappa shape index (κ3) is 2.60. The molecule has 1 aromatic heterocycles. The van der Waals surface area contributed by atoms with Crippen LogP contribution in [0.4, 0.5) is 5.69 Å². The molecule has 0 unspecified atom stereocenters. The van der Waals surface area contributed by atoms with Gasteiger partial charge in [0.2, 0.25) is 0 Å². The molecule has 0 atom stereocenters. The van der Waals surface area contributed by atoms with E-state index in [1.807, 2.05) is 32.0 Å². The predicted molar refractivity (Wildman–Crippen MR) is 74.1 cm³/mol. The van der Waals surface area contributed by atoms with Crippen molar-refractivity contribution in [1.82, 2.24) is 0 Å². The Morgan fingerprint density at radius 3 is 2.67 bits per heavy atom. The molecule has 0 aliphatic heterocycles. The number of benzene rings is 1. The summed E-state index contributed by atoms with van der Waals surface area (Å²) in [7, 11) is 0. The Balaban J connectivity index is 2.21. The molecule has 0 fully saturated rings. The summed E-state index contributed by atoms with van der Waals surface area (Å²) in [4.78, 5) is 13.9. The van der Waals surface area contributed by atoms with Gasteiger partial charge in [-0.15, -0.1) is 11.3 Å². The van der Waals surface area contributed by atoms with Crippen molar-refractivity contribution in [3.63, 3.8) is 0 Å². The number of thiophene rings is 1. The molecular weight excluding hydrogens is 246 g/mol. The SMILES string of the molecule is Cc1cc(C(=O)Nc2ccccc2CO)sc1C. The molecule has 2 aromatic rings. The molecule has 0 spiro atoms. The van der Waals surface area contributed by atoms with Crippen molar-refractivity contribution in [2.45, 2.75) is 20.5 Å². The van der Waals surface area contributed by atoms with Gasteiger partial charge in [-0.3, -0.25) is 4.79 Å².